The van der Waals surface area contributed by atoms with E-state index in [-0.39, 0.29) is 28.1 Å². The van der Waals surface area contributed by atoms with Crippen LogP contribution in [0.4, 0.5) is 18.9 Å². The zero-order valence-electron chi connectivity index (χ0n) is 13.6. The average Bonchev–Trinajstić information content (AvgIpc) is 2.88. The van der Waals surface area contributed by atoms with Crippen LogP contribution >= 0.6 is 0 Å². The number of benzene rings is 2. The first-order chi connectivity index (χ1) is 12.9. The Morgan fingerprint density at radius 3 is 2.48 bits per heavy atom. The molecule has 9 heteroatoms. The van der Waals surface area contributed by atoms with Crippen molar-refractivity contribution < 1.29 is 18.0 Å². The summed E-state index contributed by atoms with van der Waals surface area (Å²) in [5.41, 5.74) is 4.71. The maximum absolute atomic E-state index is 14.1. The number of H-pyrrole nitrogens is 1. The van der Waals surface area contributed by atoms with Crippen LogP contribution in [0, 0.1) is 17.5 Å². The summed E-state index contributed by atoms with van der Waals surface area (Å²) in [6, 6.07) is 6.66. The molecule has 1 aliphatic heterocycles. The molecule has 0 radical (unpaired) electrons. The monoisotopic (exact) mass is 372 g/mol. The number of aromatic amines is 1. The maximum atomic E-state index is 14.1. The van der Waals surface area contributed by atoms with E-state index in [1.807, 2.05) is 0 Å². The van der Waals surface area contributed by atoms with Crippen LogP contribution in [0.3, 0.4) is 0 Å². The SMILES string of the molecule is NC1=C(c2nc3cc(F)ccc3c(=O)[nH]2)C(=O)CN1c1c(F)cccc1F. The molecule has 4 rings (SSSR count). The van der Waals surface area contributed by atoms with E-state index in [0.29, 0.717) is 0 Å². The minimum atomic E-state index is -0.894. The van der Waals surface area contributed by atoms with E-state index in [1.54, 1.807) is 0 Å². The maximum Gasteiger partial charge on any atom is 0.259 e. The minimum absolute atomic E-state index is 0.0253. The molecule has 0 aliphatic carbocycles. The second-order valence-electron chi connectivity index (χ2n) is 5.92. The van der Waals surface area contributed by atoms with Gasteiger partial charge in [0, 0.05) is 6.07 Å². The number of nitrogens with two attached hydrogens (primary N) is 1. The molecule has 0 fully saturated rings. The van der Waals surface area contributed by atoms with Crippen LogP contribution in [-0.2, 0) is 4.79 Å². The van der Waals surface area contributed by atoms with Gasteiger partial charge in [-0.25, -0.2) is 18.2 Å². The van der Waals surface area contributed by atoms with Crippen molar-refractivity contribution in [3.05, 3.63) is 75.8 Å². The summed E-state index contributed by atoms with van der Waals surface area (Å²) in [6.07, 6.45) is 0. The van der Waals surface area contributed by atoms with E-state index < -0.39 is 41.0 Å². The van der Waals surface area contributed by atoms with Crippen molar-refractivity contribution in [1.82, 2.24) is 9.97 Å². The third-order valence-electron chi connectivity index (χ3n) is 4.24. The molecule has 0 spiro atoms. The summed E-state index contributed by atoms with van der Waals surface area (Å²) in [4.78, 5) is 32.1. The predicted octanol–water partition coefficient (Wildman–Crippen LogP) is 2.06. The number of carbonyl (C=O) groups excluding carboxylic acids is 1. The summed E-state index contributed by atoms with van der Waals surface area (Å²) >= 11 is 0. The van der Waals surface area contributed by atoms with Crippen LogP contribution in [0.15, 0.2) is 47.0 Å². The quantitative estimate of drug-likeness (QED) is 0.718. The molecule has 0 bridgehead atoms. The van der Waals surface area contributed by atoms with Gasteiger partial charge >= 0.3 is 0 Å². The highest BCUT2D eigenvalue weighted by Crippen LogP contribution is 2.32. The molecule has 3 aromatic rings. The van der Waals surface area contributed by atoms with Gasteiger partial charge in [0.1, 0.15) is 40.4 Å². The lowest BCUT2D eigenvalue weighted by Gasteiger charge is -2.19. The standard InChI is InChI=1S/C18H11F3N4O2/c19-8-4-5-9-12(6-8)23-17(24-18(9)27)14-13(26)7-25(16(14)22)15-10(20)2-1-3-11(15)21/h1-6H,7,22H2,(H,23,24,27). The number of nitrogens with zero attached hydrogens (tertiary/aromatic N) is 2. The number of halogens is 3. The van der Waals surface area contributed by atoms with Crippen LogP contribution in [0.1, 0.15) is 5.82 Å². The van der Waals surface area contributed by atoms with E-state index in [1.165, 1.54) is 12.1 Å². The largest absolute Gasteiger partial charge is 0.384 e. The molecule has 0 saturated carbocycles. The number of para-hydroxylation sites is 1. The molecular weight excluding hydrogens is 361 g/mol. The molecule has 27 heavy (non-hydrogen) atoms. The Morgan fingerprint density at radius 2 is 1.78 bits per heavy atom. The van der Waals surface area contributed by atoms with Crippen molar-refractivity contribution >= 4 is 27.9 Å². The summed E-state index contributed by atoms with van der Waals surface area (Å²) in [6.45, 7) is -0.427. The van der Waals surface area contributed by atoms with Crippen LogP contribution in [0.5, 0.6) is 0 Å². The fourth-order valence-electron chi connectivity index (χ4n) is 3.02. The van der Waals surface area contributed by atoms with Gasteiger partial charge in [-0.3, -0.25) is 9.59 Å². The third kappa shape index (κ3) is 2.64. The lowest BCUT2D eigenvalue weighted by molar-refractivity contribution is -0.112. The van der Waals surface area contributed by atoms with Crippen LogP contribution < -0.4 is 16.2 Å². The zero-order valence-corrected chi connectivity index (χ0v) is 13.6. The molecule has 1 aliphatic rings. The summed E-state index contributed by atoms with van der Waals surface area (Å²) in [7, 11) is 0. The van der Waals surface area contributed by atoms with E-state index in [0.717, 1.165) is 29.2 Å². The number of aromatic nitrogens is 2. The number of anilines is 1. The summed E-state index contributed by atoms with van der Waals surface area (Å²) < 4.78 is 41.6. The third-order valence-corrected chi connectivity index (χ3v) is 4.24. The normalized spacial score (nSPS) is 14.5. The van der Waals surface area contributed by atoms with Gasteiger partial charge in [0.05, 0.1) is 17.4 Å². The fourth-order valence-corrected chi connectivity index (χ4v) is 3.02. The Bertz CT molecular complexity index is 1180. The first-order valence-electron chi connectivity index (χ1n) is 7.81. The lowest BCUT2D eigenvalue weighted by Crippen LogP contribution is -2.27. The number of fused-ring (bicyclic) bond motifs is 1. The molecule has 6 nitrogen and oxygen atoms in total. The Hall–Kier alpha value is -3.62. The van der Waals surface area contributed by atoms with Gasteiger partial charge in [-0.2, -0.15) is 0 Å². The second-order valence-corrected chi connectivity index (χ2v) is 5.92. The number of carbonyl (C=O) groups is 1. The van der Waals surface area contributed by atoms with Gasteiger partial charge in [0.25, 0.3) is 5.56 Å². The molecule has 2 heterocycles. The minimum Gasteiger partial charge on any atom is -0.384 e. The Morgan fingerprint density at radius 1 is 1.07 bits per heavy atom. The van der Waals surface area contributed by atoms with Gasteiger partial charge in [-0.1, -0.05) is 6.07 Å². The van der Waals surface area contributed by atoms with E-state index in [4.69, 9.17) is 5.73 Å². The number of hydrogen-bond donors (Lipinski definition) is 2. The molecule has 1 aromatic heterocycles. The Labute approximate surface area is 149 Å². The molecular formula is C18H11F3N4O2. The second kappa shape index (κ2) is 5.97. The number of hydrogen-bond acceptors (Lipinski definition) is 5. The first-order valence-corrected chi connectivity index (χ1v) is 7.81. The Kier molecular flexibility index (Phi) is 3.72. The molecule has 3 N–H and O–H groups in total. The fraction of sp³-hybridized carbons (Fsp3) is 0.0556. The summed E-state index contributed by atoms with van der Waals surface area (Å²) in [5, 5.41) is 0.127. The van der Waals surface area contributed by atoms with Crippen molar-refractivity contribution in [2.75, 3.05) is 11.4 Å². The zero-order chi connectivity index (χ0) is 19.3. The molecule has 0 amide bonds. The first kappa shape index (κ1) is 16.8. The molecule has 2 aromatic carbocycles. The van der Waals surface area contributed by atoms with Gasteiger partial charge < -0.3 is 15.6 Å². The molecule has 0 saturated heterocycles. The van der Waals surface area contributed by atoms with Gasteiger partial charge in [-0.15, -0.1) is 0 Å². The molecule has 136 valence electrons. The molecule has 0 unspecified atom stereocenters. The number of rotatable bonds is 2. The highest BCUT2D eigenvalue weighted by Gasteiger charge is 2.34. The van der Waals surface area contributed by atoms with E-state index in [2.05, 4.69) is 9.97 Å². The van der Waals surface area contributed by atoms with Crippen molar-refractivity contribution in [1.29, 1.82) is 0 Å². The average molecular weight is 372 g/mol. The van der Waals surface area contributed by atoms with Crippen molar-refractivity contribution in [2.45, 2.75) is 0 Å². The van der Waals surface area contributed by atoms with Gasteiger partial charge in [0.2, 0.25) is 0 Å². The number of nitrogens with one attached hydrogen (secondary N) is 1. The smallest absolute Gasteiger partial charge is 0.259 e. The van der Waals surface area contributed by atoms with E-state index in [9.17, 15) is 22.8 Å². The van der Waals surface area contributed by atoms with Crippen molar-refractivity contribution in [2.24, 2.45) is 5.73 Å². The van der Waals surface area contributed by atoms with E-state index >= 15 is 0 Å². The van der Waals surface area contributed by atoms with Crippen molar-refractivity contribution in [3.8, 4) is 0 Å². The van der Waals surface area contributed by atoms with Crippen LogP contribution in [0.2, 0.25) is 0 Å². The van der Waals surface area contributed by atoms with Crippen LogP contribution in [0.25, 0.3) is 16.5 Å². The highest BCUT2D eigenvalue weighted by atomic mass is 19.1. The van der Waals surface area contributed by atoms with Crippen molar-refractivity contribution in [3.63, 3.8) is 0 Å². The van der Waals surface area contributed by atoms with Gasteiger partial charge in [-0.05, 0) is 24.3 Å². The highest BCUT2D eigenvalue weighted by molar-refractivity contribution is 6.25. The number of ketones is 1. The van der Waals surface area contributed by atoms with Crippen LogP contribution in [-0.4, -0.2) is 22.3 Å². The summed E-state index contributed by atoms with van der Waals surface area (Å²) in [5.74, 6) is -3.44. The number of Topliss-reactive ketones (excluding diaryl/α,β-unsaturated/α-hetero) is 1. The topological polar surface area (TPSA) is 92.1 Å². The Balaban J connectivity index is 1.91. The predicted molar refractivity (Wildman–Crippen MR) is 92.1 cm³/mol. The molecule has 0 atom stereocenters. The van der Waals surface area contributed by atoms with Gasteiger partial charge in [0.15, 0.2) is 5.78 Å². The lowest BCUT2D eigenvalue weighted by atomic mass is 10.1.